The van der Waals surface area contributed by atoms with Gasteiger partial charge in [0.15, 0.2) is 17.5 Å². The van der Waals surface area contributed by atoms with Crippen LogP contribution in [-0.2, 0) is 10.9 Å². The predicted octanol–water partition coefficient (Wildman–Crippen LogP) is 5.54. The molecule has 0 saturated heterocycles. The normalized spacial score (nSPS) is 11.9. The number of ether oxygens (including phenoxy) is 1. The largest absolute Gasteiger partial charge is 0.619 e. The Morgan fingerprint density at radius 3 is 2.43 bits per heavy atom. The number of alkyl halides is 3. The molecule has 0 radical (unpaired) electrons. The quantitative estimate of drug-likeness (QED) is 0.399. The molecule has 3 aromatic rings. The van der Waals surface area contributed by atoms with Gasteiger partial charge in [-0.2, -0.15) is 17.9 Å². The van der Waals surface area contributed by atoms with Crippen molar-refractivity contribution in [2.45, 2.75) is 32.5 Å². The third-order valence-corrected chi connectivity index (χ3v) is 4.61. The summed E-state index contributed by atoms with van der Waals surface area (Å²) in [5.74, 6) is 0. The zero-order valence-corrected chi connectivity index (χ0v) is 17.1. The van der Waals surface area contributed by atoms with Crippen molar-refractivity contribution in [1.29, 1.82) is 0 Å². The van der Waals surface area contributed by atoms with E-state index in [1.54, 1.807) is 38.3 Å². The minimum Gasteiger partial charge on any atom is -0.619 e. The molecule has 1 aromatic carbocycles. The molecule has 0 aliphatic rings. The van der Waals surface area contributed by atoms with Crippen molar-refractivity contribution in [3.8, 4) is 11.3 Å². The monoisotopic (exact) mass is 437 g/mol. The lowest BCUT2D eigenvalue weighted by Gasteiger charge is -2.26. The van der Waals surface area contributed by atoms with E-state index in [2.05, 4.69) is 4.98 Å². The Balaban J connectivity index is 2.05. The Bertz CT molecular complexity index is 1040. The first-order valence-electron chi connectivity index (χ1n) is 8.79. The number of benzene rings is 1. The van der Waals surface area contributed by atoms with Crippen LogP contribution >= 0.6 is 11.3 Å². The van der Waals surface area contributed by atoms with E-state index in [0.717, 1.165) is 28.4 Å². The lowest BCUT2D eigenvalue weighted by molar-refractivity contribution is -0.605. The van der Waals surface area contributed by atoms with E-state index in [4.69, 9.17) is 4.74 Å². The van der Waals surface area contributed by atoms with Gasteiger partial charge in [0, 0.05) is 23.1 Å². The van der Waals surface area contributed by atoms with Gasteiger partial charge in [-0.05, 0) is 39.0 Å². The fraction of sp³-hybridized carbons (Fsp3) is 0.250. The van der Waals surface area contributed by atoms with Crippen molar-refractivity contribution >= 4 is 28.2 Å². The molecule has 158 valence electrons. The van der Waals surface area contributed by atoms with Crippen molar-refractivity contribution in [3.05, 3.63) is 64.9 Å². The summed E-state index contributed by atoms with van der Waals surface area (Å²) in [5, 5.41) is 13.0. The topological polar surface area (TPSA) is 69.4 Å². The average Bonchev–Trinajstić information content (AvgIpc) is 3.10. The number of halogens is 3. The molecule has 0 bridgehead atoms. The second-order valence-electron chi connectivity index (χ2n) is 7.33. The summed E-state index contributed by atoms with van der Waals surface area (Å²) in [6.45, 7) is 4.97. The maximum Gasteiger partial charge on any atom is 0.421 e. The number of carbonyl (C=O) groups is 1. The summed E-state index contributed by atoms with van der Waals surface area (Å²) in [5.41, 5.74) is -0.689. The first kappa shape index (κ1) is 21.6. The van der Waals surface area contributed by atoms with Gasteiger partial charge in [0.05, 0.1) is 16.9 Å². The standard InChI is InChI=1S/C20H18F3N3O3S/c1-19(2,3)29-18(27)26(15-6-4-5-14(11-15)20(21,22)23)17-24-16(12-30-17)13-7-9-25(28)10-8-13/h4-12H,1-3H3. The van der Waals surface area contributed by atoms with Crippen LogP contribution in [0.15, 0.2) is 54.2 Å². The molecule has 0 spiro atoms. The second kappa shape index (κ2) is 7.94. The van der Waals surface area contributed by atoms with Crippen LogP contribution in [0.4, 0.5) is 28.8 Å². The van der Waals surface area contributed by atoms with Gasteiger partial charge in [0.2, 0.25) is 0 Å². The average molecular weight is 437 g/mol. The predicted molar refractivity (Wildman–Crippen MR) is 106 cm³/mol. The van der Waals surface area contributed by atoms with E-state index < -0.39 is 23.4 Å². The first-order chi connectivity index (χ1) is 13.9. The second-order valence-corrected chi connectivity index (χ2v) is 8.16. The minimum atomic E-state index is -4.57. The van der Waals surface area contributed by atoms with Gasteiger partial charge in [-0.3, -0.25) is 0 Å². The fourth-order valence-electron chi connectivity index (χ4n) is 2.51. The van der Waals surface area contributed by atoms with E-state index in [-0.39, 0.29) is 10.8 Å². The molecule has 0 aliphatic heterocycles. The Morgan fingerprint density at radius 2 is 1.83 bits per heavy atom. The zero-order chi connectivity index (χ0) is 22.1. The highest BCUT2D eigenvalue weighted by Gasteiger charge is 2.33. The molecule has 0 unspecified atom stereocenters. The molecule has 2 heterocycles. The molecular formula is C20H18F3N3O3S. The molecule has 6 nitrogen and oxygen atoms in total. The summed E-state index contributed by atoms with van der Waals surface area (Å²) < 4.78 is 45.6. The number of carbonyl (C=O) groups excluding carboxylic acids is 1. The maximum atomic E-state index is 13.2. The Labute approximate surface area is 174 Å². The van der Waals surface area contributed by atoms with Gasteiger partial charge in [0.1, 0.15) is 5.60 Å². The Morgan fingerprint density at radius 1 is 1.17 bits per heavy atom. The van der Waals surface area contributed by atoms with Crippen molar-refractivity contribution in [3.63, 3.8) is 0 Å². The fourth-order valence-corrected chi connectivity index (χ4v) is 3.35. The highest BCUT2D eigenvalue weighted by atomic mass is 32.1. The van der Waals surface area contributed by atoms with Gasteiger partial charge >= 0.3 is 12.3 Å². The number of amides is 1. The minimum absolute atomic E-state index is 0.0227. The van der Waals surface area contributed by atoms with E-state index in [0.29, 0.717) is 16.0 Å². The third-order valence-electron chi connectivity index (χ3n) is 3.79. The van der Waals surface area contributed by atoms with Gasteiger partial charge < -0.3 is 9.94 Å². The molecule has 0 aliphatic carbocycles. The molecule has 0 saturated carbocycles. The number of pyridine rings is 1. The van der Waals surface area contributed by atoms with Gasteiger partial charge in [-0.25, -0.2) is 14.7 Å². The van der Waals surface area contributed by atoms with E-state index in [1.807, 2.05) is 0 Å². The first-order valence-corrected chi connectivity index (χ1v) is 9.67. The number of nitrogens with zero attached hydrogens (tertiary/aromatic N) is 3. The number of thiazole rings is 1. The van der Waals surface area contributed by atoms with Crippen molar-refractivity contribution in [2.75, 3.05) is 4.90 Å². The lowest BCUT2D eigenvalue weighted by atomic mass is 10.2. The summed E-state index contributed by atoms with van der Waals surface area (Å²) in [7, 11) is 0. The van der Waals surface area contributed by atoms with Crippen LogP contribution in [0, 0.1) is 5.21 Å². The number of anilines is 2. The van der Waals surface area contributed by atoms with Crippen LogP contribution in [-0.4, -0.2) is 16.7 Å². The van der Waals surface area contributed by atoms with Crippen LogP contribution in [0.5, 0.6) is 0 Å². The molecule has 0 N–H and O–H groups in total. The highest BCUT2D eigenvalue weighted by Crippen LogP contribution is 2.36. The molecular weight excluding hydrogens is 419 g/mol. The van der Waals surface area contributed by atoms with Gasteiger partial charge in [0.25, 0.3) is 0 Å². The van der Waals surface area contributed by atoms with Crippen molar-refractivity contribution < 1.29 is 27.4 Å². The number of aromatic nitrogens is 2. The highest BCUT2D eigenvalue weighted by molar-refractivity contribution is 7.14. The summed E-state index contributed by atoms with van der Waals surface area (Å²) >= 11 is 1.07. The molecule has 1 amide bonds. The van der Waals surface area contributed by atoms with Crippen LogP contribution in [0.2, 0.25) is 0 Å². The maximum absolute atomic E-state index is 13.2. The molecule has 2 aromatic heterocycles. The van der Waals surface area contributed by atoms with Crippen molar-refractivity contribution in [1.82, 2.24) is 4.98 Å². The summed E-state index contributed by atoms with van der Waals surface area (Å²) in [6, 6.07) is 7.49. The van der Waals surface area contributed by atoms with Crippen LogP contribution < -0.4 is 9.63 Å². The summed E-state index contributed by atoms with van der Waals surface area (Å²) in [4.78, 5) is 18.2. The molecule has 0 atom stereocenters. The third kappa shape index (κ3) is 5.07. The van der Waals surface area contributed by atoms with E-state index in [1.165, 1.54) is 24.5 Å². The van der Waals surface area contributed by atoms with E-state index in [9.17, 15) is 23.2 Å². The molecule has 0 fully saturated rings. The number of hydrogen-bond donors (Lipinski definition) is 0. The number of hydrogen-bond acceptors (Lipinski definition) is 5. The zero-order valence-electron chi connectivity index (χ0n) is 16.3. The van der Waals surface area contributed by atoms with Crippen LogP contribution in [0.25, 0.3) is 11.3 Å². The summed E-state index contributed by atoms with van der Waals surface area (Å²) in [6.07, 6.45) is -2.82. The Hall–Kier alpha value is -3.14. The molecule has 3 rings (SSSR count). The SMILES string of the molecule is CC(C)(C)OC(=O)N(c1cccc(C(F)(F)F)c1)c1nc(-c2cc[n+]([O-])cc2)cs1. The lowest BCUT2D eigenvalue weighted by Crippen LogP contribution is -2.34. The van der Waals surface area contributed by atoms with Crippen LogP contribution in [0.3, 0.4) is 0 Å². The van der Waals surface area contributed by atoms with Crippen LogP contribution in [0.1, 0.15) is 26.3 Å². The van der Waals surface area contributed by atoms with Gasteiger partial charge in [-0.15, -0.1) is 11.3 Å². The van der Waals surface area contributed by atoms with Crippen molar-refractivity contribution in [2.24, 2.45) is 0 Å². The van der Waals surface area contributed by atoms with E-state index >= 15 is 0 Å². The van der Waals surface area contributed by atoms with Gasteiger partial charge in [-0.1, -0.05) is 6.07 Å². The molecule has 10 heteroatoms. The smallest absolute Gasteiger partial charge is 0.421 e. The molecule has 30 heavy (non-hydrogen) atoms. The number of rotatable bonds is 3. The Kier molecular flexibility index (Phi) is 5.71.